The van der Waals surface area contributed by atoms with Crippen molar-refractivity contribution in [3.05, 3.63) is 35.4 Å². The first kappa shape index (κ1) is 8.15. The Bertz CT molecular complexity index is 333. The molecule has 0 atom stereocenters. The van der Waals surface area contributed by atoms with E-state index in [1.807, 2.05) is 0 Å². The van der Waals surface area contributed by atoms with Crippen molar-refractivity contribution < 1.29 is 5.21 Å². The Labute approximate surface area is 70.5 Å². The molecule has 0 bridgehead atoms. The van der Waals surface area contributed by atoms with Crippen molar-refractivity contribution in [3.63, 3.8) is 0 Å². The van der Waals surface area contributed by atoms with E-state index in [0.29, 0.717) is 5.56 Å². The number of nitrogens with zero attached hydrogens (tertiary/aromatic N) is 1. The van der Waals surface area contributed by atoms with Crippen molar-refractivity contribution >= 4 is 5.84 Å². The highest BCUT2D eigenvalue weighted by molar-refractivity contribution is 5.97. The minimum Gasteiger partial charge on any atom is -0.409 e. The Balaban J connectivity index is 3.02. The number of hydrogen-bond donors (Lipinski definition) is 2. The average Bonchev–Trinajstić information content (AvgIpc) is 2.17. The topological polar surface area (TPSA) is 58.6 Å². The lowest BCUT2D eigenvalue weighted by Gasteiger charge is -1.97. The van der Waals surface area contributed by atoms with Gasteiger partial charge in [0.2, 0.25) is 0 Å². The van der Waals surface area contributed by atoms with Crippen LogP contribution < -0.4 is 5.73 Å². The molecular weight excluding hydrogens is 152 g/mol. The molecule has 0 aliphatic carbocycles. The fourth-order valence-electron chi connectivity index (χ4n) is 0.795. The van der Waals surface area contributed by atoms with Crippen molar-refractivity contribution in [2.75, 3.05) is 0 Å². The van der Waals surface area contributed by atoms with Gasteiger partial charge in [0.15, 0.2) is 5.84 Å². The summed E-state index contributed by atoms with van der Waals surface area (Å²) >= 11 is 0. The number of amidine groups is 1. The van der Waals surface area contributed by atoms with E-state index in [1.54, 1.807) is 24.3 Å². The van der Waals surface area contributed by atoms with Gasteiger partial charge in [0.25, 0.3) is 0 Å². The van der Waals surface area contributed by atoms with E-state index in [1.165, 1.54) is 0 Å². The van der Waals surface area contributed by atoms with Crippen LogP contribution in [-0.4, -0.2) is 11.0 Å². The molecule has 1 aromatic rings. The van der Waals surface area contributed by atoms with Gasteiger partial charge in [-0.2, -0.15) is 0 Å². The van der Waals surface area contributed by atoms with E-state index in [4.69, 9.17) is 17.4 Å². The van der Waals surface area contributed by atoms with Crippen LogP contribution >= 0.6 is 0 Å². The number of benzene rings is 1. The van der Waals surface area contributed by atoms with Crippen molar-refractivity contribution in [1.82, 2.24) is 0 Å². The number of rotatable bonds is 1. The second-order valence-corrected chi connectivity index (χ2v) is 2.21. The number of terminal acetylenes is 1. The molecule has 0 radical (unpaired) electrons. The van der Waals surface area contributed by atoms with Crippen molar-refractivity contribution in [2.45, 2.75) is 0 Å². The Kier molecular flexibility index (Phi) is 2.34. The molecule has 60 valence electrons. The summed E-state index contributed by atoms with van der Waals surface area (Å²) in [5.41, 5.74) is 6.75. The SMILES string of the molecule is C#Cc1ccc(/C(N)=N/O)cc1. The second kappa shape index (κ2) is 3.44. The summed E-state index contributed by atoms with van der Waals surface area (Å²) in [5.74, 6) is 2.55. The normalized spacial score (nSPS) is 10.8. The molecule has 3 nitrogen and oxygen atoms in total. The molecule has 0 fully saturated rings. The Morgan fingerprint density at radius 1 is 1.42 bits per heavy atom. The molecule has 1 rings (SSSR count). The van der Waals surface area contributed by atoms with Gasteiger partial charge in [-0.15, -0.1) is 6.42 Å². The smallest absolute Gasteiger partial charge is 0.170 e. The minimum atomic E-state index is 0.0820. The van der Waals surface area contributed by atoms with E-state index in [0.717, 1.165) is 5.56 Å². The van der Waals surface area contributed by atoms with Gasteiger partial charge in [-0.3, -0.25) is 0 Å². The predicted octanol–water partition coefficient (Wildman–Crippen LogP) is 0.762. The summed E-state index contributed by atoms with van der Waals surface area (Å²) in [5, 5.41) is 11.2. The van der Waals surface area contributed by atoms with Crippen LogP contribution in [0.25, 0.3) is 0 Å². The van der Waals surface area contributed by atoms with Crippen LogP contribution in [-0.2, 0) is 0 Å². The van der Waals surface area contributed by atoms with Crippen molar-refractivity contribution in [3.8, 4) is 12.3 Å². The maximum absolute atomic E-state index is 8.34. The quantitative estimate of drug-likeness (QED) is 0.209. The first-order valence-electron chi connectivity index (χ1n) is 3.32. The zero-order valence-corrected chi connectivity index (χ0v) is 6.36. The van der Waals surface area contributed by atoms with Gasteiger partial charge in [0, 0.05) is 11.1 Å². The molecule has 0 spiro atoms. The molecule has 0 aliphatic heterocycles. The summed E-state index contributed by atoms with van der Waals surface area (Å²) in [6.07, 6.45) is 5.15. The largest absolute Gasteiger partial charge is 0.409 e. The molecule has 0 aromatic heterocycles. The molecule has 0 saturated carbocycles. The van der Waals surface area contributed by atoms with Crippen LogP contribution in [0, 0.1) is 12.3 Å². The zero-order valence-electron chi connectivity index (χ0n) is 6.36. The maximum atomic E-state index is 8.34. The van der Waals surface area contributed by atoms with E-state index in [-0.39, 0.29) is 5.84 Å². The lowest BCUT2D eigenvalue weighted by molar-refractivity contribution is 0.318. The van der Waals surface area contributed by atoms with Crippen LogP contribution in [0.3, 0.4) is 0 Å². The molecule has 0 saturated heterocycles. The van der Waals surface area contributed by atoms with Gasteiger partial charge < -0.3 is 10.9 Å². The van der Waals surface area contributed by atoms with Gasteiger partial charge >= 0.3 is 0 Å². The molecule has 0 unspecified atom stereocenters. The van der Waals surface area contributed by atoms with Gasteiger partial charge in [-0.05, 0) is 24.3 Å². The average molecular weight is 160 g/mol. The van der Waals surface area contributed by atoms with Crippen molar-refractivity contribution in [2.24, 2.45) is 10.9 Å². The third-order valence-electron chi connectivity index (χ3n) is 1.46. The van der Waals surface area contributed by atoms with E-state index in [2.05, 4.69) is 11.1 Å². The summed E-state index contributed by atoms with van der Waals surface area (Å²) < 4.78 is 0. The van der Waals surface area contributed by atoms with E-state index in [9.17, 15) is 0 Å². The first-order chi connectivity index (χ1) is 5.77. The fraction of sp³-hybridized carbons (Fsp3) is 0. The molecule has 0 aliphatic rings. The molecule has 0 heterocycles. The maximum Gasteiger partial charge on any atom is 0.170 e. The van der Waals surface area contributed by atoms with Crippen LogP contribution in [0.2, 0.25) is 0 Å². The molecule has 3 N–H and O–H groups in total. The third-order valence-corrected chi connectivity index (χ3v) is 1.46. The number of nitrogens with two attached hydrogens (primary N) is 1. The predicted molar refractivity (Wildman–Crippen MR) is 46.9 cm³/mol. The van der Waals surface area contributed by atoms with Crippen LogP contribution in [0.4, 0.5) is 0 Å². The molecule has 1 aromatic carbocycles. The van der Waals surface area contributed by atoms with E-state index < -0.39 is 0 Å². The highest BCUT2D eigenvalue weighted by atomic mass is 16.4. The first-order valence-corrected chi connectivity index (χ1v) is 3.32. The standard InChI is InChI=1S/C9H8N2O/c1-2-7-3-5-8(6-4-7)9(10)11-12/h1,3-6,12H,(H2,10,11). The third kappa shape index (κ3) is 1.55. The summed E-state index contributed by atoms with van der Waals surface area (Å²) in [4.78, 5) is 0. The molecular formula is C9H8N2O. The molecule has 3 heteroatoms. The second-order valence-electron chi connectivity index (χ2n) is 2.21. The van der Waals surface area contributed by atoms with Crippen LogP contribution in [0.15, 0.2) is 29.4 Å². The molecule has 0 amide bonds. The van der Waals surface area contributed by atoms with Gasteiger partial charge in [-0.1, -0.05) is 11.1 Å². The number of oxime groups is 1. The lowest BCUT2D eigenvalue weighted by Crippen LogP contribution is -2.12. The van der Waals surface area contributed by atoms with Gasteiger partial charge in [0.1, 0.15) is 0 Å². The summed E-state index contributed by atoms with van der Waals surface area (Å²) in [6, 6.07) is 6.86. The lowest BCUT2D eigenvalue weighted by atomic mass is 10.1. The Morgan fingerprint density at radius 3 is 2.42 bits per heavy atom. The van der Waals surface area contributed by atoms with Crippen LogP contribution in [0.1, 0.15) is 11.1 Å². The Hall–Kier alpha value is -1.95. The van der Waals surface area contributed by atoms with Gasteiger partial charge in [0.05, 0.1) is 0 Å². The monoisotopic (exact) mass is 160 g/mol. The number of hydrogen-bond acceptors (Lipinski definition) is 2. The van der Waals surface area contributed by atoms with Gasteiger partial charge in [-0.25, -0.2) is 0 Å². The Morgan fingerprint density at radius 2 is 2.00 bits per heavy atom. The zero-order chi connectivity index (χ0) is 8.97. The highest BCUT2D eigenvalue weighted by Gasteiger charge is 1.96. The van der Waals surface area contributed by atoms with Crippen LogP contribution in [0.5, 0.6) is 0 Å². The molecule has 12 heavy (non-hydrogen) atoms. The summed E-state index contributed by atoms with van der Waals surface area (Å²) in [7, 11) is 0. The minimum absolute atomic E-state index is 0.0820. The summed E-state index contributed by atoms with van der Waals surface area (Å²) in [6.45, 7) is 0. The fourth-order valence-corrected chi connectivity index (χ4v) is 0.795. The van der Waals surface area contributed by atoms with Crippen molar-refractivity contribution in [1.29, 1.82) is 0 Å². The van der Waals surface area contributed by atoms with E-state index >= 15 is 0 Å². The highest BCUT2D eigenvalue weighted by Crippen LogP contribution is 2.02.